The van der Waals surface area contributed by atoms with Crippen molar-refractivity contribution in [3.63, 3.8) is 0 Å². The lowest BCUT2D eigenvalue weighted by Gasteiger charge is -2.30. The molecule has 2 aromatic rings. The molecule has 2 aliphatic heterocycles. The zero-order valence-corrected chi connectivity index (χ0v) is 13.3. The van der Waals surface area contributed by atoms with Crippen LogP contribution in [0.25, 0.3) is 11.2 Å². The van der Waals surface area contributed by atoms with Gasteiger partial charge in [-0.3, -0.25) is 9.36 Å². The number of morpholine rings is 1. The number of aliphatic hydroxyl groups is 3. The molecule has 11 nitrogen and oxygen atoms in total. The number of hydrogen-bond donors (Lipinski definition) is 4. The van der Waals surface area contributed by atoms with E-state index in [2.05, 4.69) is 15.0 Å². The van der Waals surface area contributed by atoms with Crippen molar-refractivity contribution in [2.24, 2.45) is 0 Å². The maximum absolute atomic E-state index is 12.1. The van der Waals surface area contributed by atoms with E-state index in [1.807, 2.05) is 4.90 Å². The Balaban J connectivity index is 1.86. The summed E-state index contributed by atoms with van der Waals surface area (Å²) >= 11 is 0. The zero-order valence-electron chi connectivity index (χ0n) is 13.3. The SMILES string of the molecule is O=c1[nH]cnc2c1nc(N1CCOCC1)n2[C@@H]1O[C@H](CO)[C@H](O)[C@@H]1O. The van der Waals surface area contributed by atoms with E-state index in [1.165, 1.54) is 10.9 Å². The number of hydrogen-bond acceptors (Lipinski definition) is 9. The van der Waals surface area contributed by atoms with Gasteiger partial charge in [0.2, 0.25) is 5.95 Å². The van der Waals surface area contributed by atoms with Crippen molar-refractivity contribution in [1.82, 2.24) is 19.5 Å². The summed E-state index contributed by atoms with van der Waals surface area (Å²) in [6.45, 7) is 1.67. The van der Waals surface area contributed by atoms with Gasteiger partial charge in [0.25, 0.3) is 5.56 Å². The highest BCUT2D eigenvalue weighted by molar-refractivity contribution is 5.73. The van der Waals surface area contributed by atoms with Crippen LogP contribution >= 0.6 is 0 Å². The van der Waals surface area contributed by atoms with Gasteiger partial charge in [-0.25, -0.2) is 9.97 Å². The number of H-pyrrole nitrogens is 1. The van der Waals surface area contributed by atoms with Gasteiger partial charge >= 0.3 is 0 Å². The molecule has 2 saturated heterocycles. The first-order chi connectivity index (χ1) is 12.1. The van der Waals surface area contributed by atoms with Gasteiger partial charge in [0, 0.05) is 13.1 Å². The number of aliphatic hydroxyl groups excluding tert-OH is 3. The topological polar surface area (TPSA) is 146 Å². The maximum atomic E-state index is 12.1. The number of aromatic nitrogens is 4. The number of nitrogens with one attached hydrogen (secondary N) is 1. The summed E-state index contributed by atoms with van der Waals surface area (Å²) < 4.78 is 12.5. The Kier molecular flexibility index (Phi) is 4.17. The molecule has 4 rings (SSSR count). The fraction of sp³-hybridized carbons (Fsp3) is 0.643. The van der Waals surface area contributed by atoms with Crippen LogP contribution in [-0.4, -0.2) is 86.1 Å². The molecule has 4 heterocycles. The van der Waals surface area contributed by atoms with Crippen molar-refractivity contribution in [3.8, 4) is 0 Å². The molecule has 0 amide bonds. The smallest absolute Gasteiger partial charge is 0.278 e. The van der Waals surface area contributed by atoms with Crippen LogP contribution in [0.4, 0.5) is 5.95 Å². The Morgan fingerprint density at radius 3 is 2.72 bits per heavy atom. The van der Waals surface area contributed by atoms with Gasteiger partial charge in [-0.1, -0.05) is 0 Å². The number of ether oxygens (including phenoxy) is 2. The second-order valence-corrected chi connectivity index (χ2v) is 6.01. The van der Waals surface area contributed by atoms with Gasteiger partial charge in [-0.15, -0.1) is 0 Å². The second-order valence-electron chi connectivity index (χ2n) is 6.01. The number of nitrogens with zero attached hydrogens (tertiary/aromatic N) is 4. The molecule has 0 radical (unpaired) electrons. The lowest BCUT2D eigenvalue weighted by Crippen LogP contribution is -2.39. The van der Waals surface area contributed by atoms with Crippen molar-refractivity contribution in [3.05, 3.63) is 16.7 Å². The van der Waals surface area contributed by atoms with Crippen LogP contribution in [0, 0.1) is 0 Å². The Labute approximate surface area is 141 Å². The molecule has 11 heteroatoms. The molecular formula is C14H19N5O6. The average molecular weight is 353 g/mol. The molecule has 2 fully saturated rings. The van der Waals surface area contributed by atoms with E-state index < -0.39 is 36.7 Å². The molecule has 4 N–H and O–H groups in total. The highest BCUT2D eigenvalue weighted by Crippen LogP contribution is 2.34. The van der Waals surface area contributed by atoms with E-state index in [9.17, 15) is 20.1 Å². The van der Waals surface area contributed by atoms with Gasteiger partial charge in [0.15, 0.2) is 17.4 Å². The molecule has 4 atom stereocenters. The summed E-state index contributed by atoms with van der Waals surface area (Å²) in [4.78, 5) is 25.0. The third-order valence-corrected chi connectivity index (χ3v) is 4.53. The highest BCUT2D eigenvalue weighted by Gasteiger charge is 2.45. The monoisotopic (exact) mass is 353 g/mol. The summed E-state index contributed by atoms with van der Waals surface area (Å²) in [5.41, 5.74) is -0.0631. The van der Waals surface area contributed by atoms with Gasteiger partial charge in [0.1, 0.15) is 18.3 Å². The first kappa shape index (κ1) is 16.4. The number of imidazole rings is 1. The molecule has 0 bridgehead atoms. The first-order valence-electron chi connectivity index (χ1n) is 8.02. The highest BCUT2D eigenvalue weighted by atomic mass is 16.6. The van der Waals surface area contributed by atoms with Crippen LogP contribution in [0.1, 0.15) is 6.23 Å². The molecule has 136 valence electrons. The summed E-state index contributed by atoms with van der Waals surface area (Å²) in [5, 5.41) is 29.8. The van der Waals surface area contributed by atoms with E-state index in [0.29, 0.717) is 32.3 Å². The molecule has 0 saturated carbocycles. The second kappa shape index (κ2) is 6.35. The minimum atomic E-state index is -1.30. The normalized spacial score (nSPS) is 30.3. The van der Waals surface area contributed by atoms with Crippen LogP contribution in [0.5, 0.6) is 0 Å². The van der Waals surface area contributed by atoms with Crippen molar-refractivity contribution in [2.75, 3.05) is 37.8 Å². The lowest BCUT2D eigenvalue weighted by molar-refractivity contribution is -0.0506. The first-order valence-corrected chi connectivity index (χ1v) is 8.02. The van der Waals surface area contributed by atoms with E-state index in [4.69, 9.17) is 9.47 Å². The van der Waals surface area contributed by atoms with Crippen LogP contribution in [0.3, 0.4) is 0 Å². The van der Waals surface area contributed by atoms with Gasteiger partial charge in [0.05, 0.1) is 26.1 Å². The number of rotatable bonds is 3. The van der Waals surface area contributed by atoms with E-state index in [1.54, 1.807) is 0 Å². The fourth-order valence-electron chi connectivity index (χ4n) is 3.22. The Hall–Kier alpha value is -2.05. The molecule has 2 aliphatic rings. The molecule has 0 aromatic carbocycles. The minimum Gasteiger partial charge on any atom is -0.394 e. The van der Waals surface area contributed by atoms with Crippen LogP contribution < -0.4 is 10.5 Å². The summed E-state index contributed by atoms with van der Waals surface area (Å²) in [5.74, 6) is 0.400. The average Bonchev–Trinajstić information content (AvgIpc) is 3.15. The Morgan fingerprint density at radius 1 is 1.28 bits per heavy atom. The van der Waals surface area contributed by atoms with Gasteiger partial charge in [-0.2, -0.15) is 0 Å². The van der Waals surface area contributed by atoms with Crippen molar-refractivity contribution in [1.29, 1.82) is 0 Å². The quantitative estimate of drug-likeness (QED) is 0.473. The van der Waals surface area contributed by atoms with Gasteiger partial charge in [-0.05, 0) is 0 Å². The third-order valence-electron chi connectivity index (χ3n) is 4.53. The molecule has 0 unspecified atom stereocenters. The van der Waals surface area contributed by atoms with E-state index in [0.717, 1.165) is 0 Å². The molecular weight excluding hydrogens is 334 g/mol. The third kappa shape index (κ3) is 2.60. The van der Waals surface area contributed by atoms with Crippen LogP contribution in [0.15, 0.2) is 11.1 Å². The van der Waals surface area contributed by atoms with Crippen LogP contribution in [-0.2, 0) is 9.47 Å². The standard InChI is InChI=1S/C14H19N5O6/c20-5-7-9(21)10(22)13(25-7)19-11-8(12(23)16-6-15-11)17-14(19)18-1-3-24-4-2-18/h6-7,9-10,13,20-22H,1-5H2,(H,15,16,23)/t7-,9+,10+,13-/m1/s1. The van der Waals surface area contributed by atoms with Crippen LogP contribution in [0.2, 0.25) is 0 Å². The minimum absolute atomic E-state index is 0.113. The number of fused-ring (bicyclic) bond motifs is 1. The van der Waals surface area contributed by atoms with E-state index in [-0.39, 0.29) is 11.2 Å². The van der Waals surface area contributed by atoms with Crippen molar-refractivity contribution in [2.45, 2.75) is 24.5 Å². The number of anilines is 1. The number of aromatic amines is 1. The van der Waals surface area contributed by atoms with Crippen molar-refractivity contribution < 1.29 is 24.8 Å². The summed E-state index contributed by atoms with van der Waals surface area (Å²) in [6, 6.07) is 0. The lowest BCUT2D eigenvalue weighted by atomic mass is 10.1. The van der Waals surface area contributed by atoms with Crippen molar-refractivity contribution >= 4 is 17.1 Å². The molecule has 0 spiro atoms. The Morgan fingerprint density at radius 2 is 2.04 bits per heavy atom. The maximum Gasteiger partial charge on any atom is 0.278 e. The largest absolute Gasteiger partial charge is 0.394 e. The zero-order chi connectivity index (χ0) is 17.6. The van der Waals surface area contributed by atoms with Gasteiger partial charge < -0.3 is 34.7 Å². The predicted octanol–water partition coefficient (Wildman–Crippen LogP) is -2.43. The summed E-state index contributed by atoms with van der Waals surface area (Å²) in [6.07, 6.45) is -3.27. The predicted molar refractivity (Wildman–Crippen MR) is 84.2 cm³/mol. The van der Waals surface area contributed by atoms with E-state index >= 15 is 0 Å². The molecule has 2 aromatic heterocycles. The molecule has 0 aliphatic carbocycles. The fourth-order valence-corrected chi connectivity index (χ4v) is 3.22. The molecule has 25 heavy (non-hydrogen) atoms. The Bertz CT molecular complexity index is 816. The summed E-state index contributed by atoms with van der Waals surface area (Å²) in [7, 11) is 0.